The number of aryl methyl sites for hydroxylation is 1. The summed E-state index contributed by atoms with van der Waals surface area (Å²) in [5, 5.41) is 2.46. The summed E-state index contributed by atoms with van der Waals surface area (Å²) in [6.45, 7) is 5.35. The molecule has 0 spiro atoms. The van der Waals surface area contributed by atoms with Crippen molar-refractivity contribution in [2.75, 3.05) is 0 Å². The van der Waals surface area contributed by atoms with Crippen LogP contribution in [0.15, 0.2) is 36.4 Å². The van der Waals surface area contributed by atoms with Crippen LogP contribution < -0.4 is 5.43 Å². The summed E-state index contributed by atoms with van der Waals surface area (Å²) in [6, 6.07) is 8.94. The molecule has 0 saturated carbocycles. The summed E-state index contributed by atoms with van der Waals surface area (Å²) in [5.74, 6) is -0.385. The van der Waals surface area contributed by atoms with Gasteiger partial charge < -0.3 is 0 Å². The number of fused-ring (bicyclic) bond motifs is 1. The third kappa shape index (κ3) is 3.81. The fraction of sp³-hybridized carbons (Fsp3) is 0.476. The van der Waals surface area contributed by atoms with Crippen LogP contribution in [0.25, 0.3) is 10.8 Å². The number of halogens is 3. The van der Waals surface area contributed by atoms with Gasteiger partial charge in [-0.1, -0.05) is 49.7 Å². The predicted octanol–water partition coefficient (Wildman–Crippen LogP) is 5.30. The molecule has 3 nitrogen and oxygen atoms in total. The fourth-order valence-electron chi connectivity index (χ4n) is 3.91. The molecule has 2 aromatic rings. The van der Waals surface area contributed by atoms with Gasteiger partial charge in [-0.05, 0) is 48.6 Å². The lowest BCUT2D eigenvalue weighted by molar-refractivity contribution is -0.203. The standard InChI is InChI=1S/C21H25F3N2O/c1-4-5-8-15-12-11-14-9-6-7-10-16(14)18(15)19(21(22,23)24)26-20(2,3)13-17(27)25-26/h6-7,9-12,19H,4-5,8,13H2,1-3H3,(H,25,27)/t19-/m0/s1. The van der Waals surface area contributed by atoms with Crippen LogP contribution in [0.3, 0.4) is 0 Å². The highest BCUT2D eigenvalue weighted by atomic mass is 19.4. The van der Waals surface area contributed by atoms with Crippen LogP contribution in [0.4, 0.5) is 13.2 Å². The SMILES string of the molecule is CCCCc1ccc2ccccc2c1[C@H](N1NC(=O)CC1(C)C)C(F)(F)F. The number of unbranched alkanes of at least 4 members (excludes halogenated alkanes) is 1. The van der Waals surface area contributed by atoms with Crippen molar-refractivity contribution in [1.82, 2.24) is 10.4 Å². The molecule has 146 valence electrons. The molecule has 1 aliphatic heterocycles. The molecule has 1 amide bonds. The maximum Gasteiger partial charge on any atom is 0.409 e. The fourth-order valence-corrected chi connectivity index (χ4v) is 3.91. The first-order valence-corrected chi connectivity index (χ1v) is 9.31. The lowest BCUT2D eigenvalue weighted by Crippen LogP contribution is -2.51. The summed E-state index contributed by atoms with van der Waals surface area (Å²) in [7, 11) is 0. The molecule has 1 atom stereocenters. The smallest absolute Gasteiger partial charge is 0.287 e. The number of carbonyl (C=O) groups excluding carboxylic acids is 1. The molecule has 6 heteroatoms. The molecule has 27 heavy (non-hydrogen) atoms. The highest BCUT2D eigenvalue weighted by Gasteiger charge is 2.53. The van der Waals surface area contributed by atoms with E-state index in [1.807, 2.05) is 25.1 Å². The van der Waals surface area contributed by atoms with E-state index >= 15 is 0 Å². The van der Waals surface area contributed by atoms with Crippen LogP contribution in [0.1, 0.15) is 57.2 Å². The number of amides is 1. The molecule has 0 aliphatic carbocycles. The number of alkyl halides is 3. The van der Waals surface area contributed by atoms with Crippen LogP contribution in [-0.4, -0.2) is 22.6 Å². The second kappa shape index (κ2) is 7.15. The second-order valence-electron chi connectivity index (χ2n) is 7.80. The van der Waals surface area contributed by atoms with Crippen LogP contribution in [0.5, 0.6) is 0 Å². The molecule has 0 radical (unpaired) electrons. The number of benzene rings is 2. The Morgan fingerprint density at radius 3 is 2.48 bits per heavy atom. The summed E-state index contributed by atoms with van der Waals surface area (Å²) in [5.41, 5.74) is 2.48. The lowest BCUT2D eigenvalue weighted by atomic mass is 9.88. The van der Waals surface area contributed by atoms with Crippen molar-refractivity contribution in [1.29, 1.82) is 0 Å². The van der Waals surface area contributed by atoms with Crippen molar-refractivity contribution >= 4 is 16.7 Å². The van der Waals surface area contributed by atoms with Gasteiger partial charge in [-0.25, -0.2) is 0 Å². The van der Waals surface area contributed by atoms with E-state index in [-0.39, 0.29) is 17.9 Å². The zero-order chi connectivity index (χ0) is 19.8. The number of rotatable bonds is 5. The zero-order valence-corrected chi connectivity index (χ0v) is 15.9. The van der Waals surface area contributed by atoms with Gasteiger partial charge in [0.1, 0.15) is 0 Å². The zero-order valence-electron chi connectivity index (χ0n) is 15.9. The average molecular weight is 378 g/mol. The Balaban J connectivity index is 2.25. The van der Waals surface area contributed by atoms with E-state index in [0.29, 0.717) is 17.4 Å². The number of hydrazine groups is 1. The van der Waals surface area contributed by atoms with Gasteiger partial charge in [0.15, 0.2) is 6.04 Å². The van der Waals surface area contributed by atoms with E-state index in [1.54, 1.807) is 32.0 Å². The molecule has 1 saturated heterocycles. The molecule has 1 N–H and O–H groups in total. The Bertz CT molecular complexity index is 845. The summed E-state index contributed by atoms with van der Waals surface area (Å²) < 4.78 is 43.1. The van der Waals surface area contributed by atoms with Gasteiger partial charge in [0, 0.05) is 12.0 Å². The van der Waals surface area contributed by atoms with Crippen molar-refractivity contribution in [2.45, 2.75) is 64.2 Å². The van der Waals surface area contributed by atoms with E-state index in [0.717, 1.165) is 23.2 Å². The number of nitrogens with zero attached hydrogens (tertiary/aromatic N) is 1. The second-order valence-corrected chi connectivity index (χ2v) is 7.80. The lowest BCUT2D eigenvalue weighted by Gasteiger charge is -2.39. The van der Waals surface area contributed by atoms with Gasteiger partial charge in [-0.15, -0.1) is 0 Å². The molecular weight excluding hydrogens is 353 g/mol. The maximum atomic E-state index is 14.4. The molecule has 2 aromatic carbocycles. The molecule has 0 aromatic heterocycles. The maximum absolute atomic E-state index is 14.4. The minimum absolute atomic E-state index is 0.0363. The van der Waals surface area contributed by atoms with Gasteiger partial charge in [0.2, 0.25) is 5.91 Å². The largest absolute Gasteiger partial charge is 0.409 e. The van der Waals surface area contributed by atoms with Crippen LogP contribution in [-0.2, 0) is 11.2 Å². The Hall–Kier alpha value is -2.08. The van der Waals surface area contributed by atoms with Gasteiger partial charge in [-0.2, -0.15) is 18.2 Å². The summed E-state index contributed by atoms with van der Waals surface area (Å²) in [4.78, 5) is 11.9. The van der Waals surface area contributed by atoms with Gasteiger partial charge >= 0.3 is 6.18 Å². The highest BCUT2D eigenvalue weighted by molar-refractivity contribution is 5.87. The molecule has 3 rings (SSSR count). The van der Waals surface area contributed by atoms with Crippen LogP contribution in [0.2, 0.25) is 0 Å². The van der Waals surface area contributed by atoms with Crippen molar-refractivity contribution < 1.29 is 18.0 Å². The molecule has 0 bridgehead atoms. The van der Waals surface area contributed by atoms with Crippen molar-refractivity contribution in [3.05, 3.63) is 47.5 Å². The van der Waals surface area contributed by atoms with Gasteiger partial charge in [-0.3, -0.25) is 10.2 Å². The third-order valence-corrected chi connectivity index (χ3v) is 5.19. The molecule has 1 aliphatic rings. The first-order valence-electron chi connectivity index (χ1n) is 9.31. The van der Waals surface area contributed by atoms with E-state index < -0.39 is 17.8 Å². The summed E-state index contributed by atoms with van der Waals surface area (Å²) in [6.07, 6.45) is -2.21. The van der Waals surface area contributed by atoms with Crippen molar-refractivity contribution in [3.63, 3.8) is 0 Å². The van der Waals surface area contributed by atoms with Crippen LogP contribution >= 0.6 is 0 Å². The normalized spacial score (nSPS) is 18.7. The highest BCUT2D eigenvalue weighted by Crippen LogP contribution is 2.46. The number of hydrogen-bond acceptors (Lipinski definition) is 2. The minimum Gasteiger partial charge on any atom is -0.287 e. The average Bonchev–Trinajstić information content (AvgIpc) is 2.85. The Kier molecular flexibility index (Phi) is 5.21. The quantitative estimate of drug-likeness (QED) is 0.766. The van der Waals surface area contributed by atoms with Gasteiger partial charge in [0.25, 0.3) is 0 Å². The Labute approximate surface area is 157 Å². The molecular formula is C21H25F3N2O. The van der Waals surface area contributed by atoms with Crippen LogP contribution in [0, 0.1) is 0 Å². The van der Waals surface area contributed by atoms with Crippen molar-refractivity contribution in [3.8, 4) is 0 Å². The molecule has 1 fully saturated rings. The summed E-state index contributed by atoms with van der Waals surface area (Å²) >= 11 is 0. The topological polar surface area (TPSA) is 32.3 Å². The molecule has 1 heterocycles. The van der Waals surface area contributed by atoms with E-state index in [2.05, 4.69) is 5.43 Å². The number of carbonyl (C=O) groups is 1. The molecule has 0 unspecified atom stereocenters. The number of hydrogen-bond donors (Lipinski definition) is 1. The Morgan fingerprint density at radius 1 is 1.19 bits per heavy atom. The third-order valence-electron chi connectivity index (χ3n) is 5.19. The van der Waals surface area contributed by atoms with E-state index in [1.165, 1.54) is 0 Å². The van der Waals surface area contributed by atoms with Gasteiger partial charge in [0.05, 0.1) is 0 Å². The van der Waals surface area contributed by atoms with E-state index in [4.69, 9.17) is 0 Å². The monoisotopic (exact) mass is 378 g/mol. The first kappa shape index (κ1) is 19.7. The minimum atomic E-state index is -4.53. The first-order chi connectivity index (χ1) is 12.6. The number of nitrogens with one attached hydrogen (secondary N) is 1. The predicted molar refractivity (Wildman–Crippen MR) is 100 cm³/mol. The Morgan fingerprint density at radius 2 is 1.89 bits per heavy atom. The van der Waals surface area contributed by atoms with E-state index in [9.17, 15) is 18.0 Å². The van der Waals surface area contributed by atoms with Crippen molar-refractivity contribution in [2.24, 2.45) is 0 Å².